The number of carbonyl (C=O) groups excluding carboxylic acids is 2. The topological polar surface area (TPSA) is 53.1 Å². The van der Waals surface area contributed by atoms with Crippen molar-refractivity contribution in [3.63, 3.8) is 0 Å². The number of amides is 2. The van der Waals surface area contributed by atoms with Crippen LogP contribution < -0.4 is 4.74 Å². The molecule has 3 heterocycles. The van der Waals surface area contributed by atoms with Gasteiger partial charge < -0.3 is 14.5 Å². The number of halogens is 1. The van der Waals surface area contributed by atoms with Crippen LogP contribution in [0, 0.1) is 0 Å². The molecule has 1 atom stereocenters. The van der Waals surface area contributed by atoms with Crippen LogP contribution in [0.3, 0.4) is 0 Å². The Morgan fingerprint density at radius 3 is 2.50 bits per heavy atom. The normalized spacial score (nSPS) is 23.0. The second-order valence-corrected chi connectivity index (χ2v) is 7.69. The molecule has 1 aromatic carbocycles. The molecule has 0 aromatic heterocycles. The van der Waals surface area contributed by atoms with E-state index in [9.17, 15) is 9.59 Å². The van der Waals surface area contributed by atoms with E-state index in [2.05, 4.69) is 4.90 Å². The highest BCUT2D eigenvalue weighted by Gasteiger charge is 2.34. The molecule has 0 spiro atoms. The summed E-state index contributed by atoms with van der Waals surface area (Å²) in [7, 11) is 0. The summed E-state index contributed by atoms with van der Waals surface area (Å²) in [4.78, 5) is 31.0. The van der Waals surface area contributed by atoms with E-state index >= 15 is 0 Å². The van der Waals surface area contributed by atoms with Crippen LogP contribution in [-0.2, 0) is 16.0 Å². The molecular formula is C19H24ClN3O3. The van der Waals surface area contributed by atoms with Crippen molar-refractivity contribution in [2.75, 3.05) is 45.8 Å². The molecule has 7 heteroatoms. The Balaban J connectivity index is 1.27. The van der Waals surface area contributed by atoms with Crippen LogP contribution in [0.2, 0.25) is 5.02 Å². The minimum Gasteiger partial charge on any atom is -0.480 e. The summed E-state index contributed by atoms with van der Waals surface area (Å²) in [5.74, 6) is 0.999. The molecular weight excluding hydrogens is 354 g/mol. The zero-order valence-electron chi connectivity index (χ0n) is 14.8. The van der Waals surface area contributed by atoms with Crippen molar-refractivity contribution in [2.24, 2.45) is 0 Å². The summed E-state index contributed by atoms with van der Waals surface area (Å²) < 4.78 is 5.81. The van der Waals surface area contributed by atoms with Crippen molar-refractivity contribution < 1.29 is 14.3 Å². The van der Waals surface area contributed by atoms with Gasteiger partial charge in [0.25, 0.3) is 5.91 Å². The van der Waals surface area contributed by atoms with Gasteiger partial charge in [-0.2, -0.15) is 0 Å². The number of carbonyl (C=O) groups is 2. The Hall–Kier alpha value is -1.79. The molecule has 2 fully saturated rings. The maximum absolute atomic E-state index is 12.8. The van der Waals surface area contributed by atoms with Gasteiger partial charge in [-0.05, 0) is 36.6 Å². The van der Waals surface area contributed by atoms with Gasteiger partial charge in [0, 0.05) is 50.7 Å². The Labute approximate surface area is 158 Å². The van der Waals surface area contributed by atoms with Crippen molar-refractivity contribution in [3.05, 3.63) is 28.8 Å². The van der Waals surface area contributed by atoms with Gasteiger partial charge in [0.1, 0.15) is 5.75 Å². The lowest BCUT2D eigenvalue weighted by Gasteiger charge is -2.35. The minimum atomic E-state index is -0.457. The van der Waals surface area contributed by atoms with Crippen molar-refractivity contribution in [2.45, 2.75) is 25.4 Å². The summed E-state index contributed by atoms with van der Waals surface area (Å²) >= 11 is 6.02. The van der Waals surface area contributed by atoms with E-state index in [4.69, 9.17) is 16.3 Å². The molecule has 2 saturated heterocycles. The molecule has 3 aliphatic heterocycles. The molecule has 6 nitrogen and oxygen atoms in total. The molecule has 0 bridgehead atoms. The predicted octanol–water partition coefficient (Wildman–Crippen LogP) is 1.41. The van der Waals surface area contributed by atoms with Gasteiger partial charge in [-0.15, -0.1) is 0 Å². The van der Waals surface area contributed by atoms with Crippen molar-refractivity contribution in [1.82, 2.24) is 14.7 Å². The average molecular weight is 378 g/mol. The van der Waals surface area contributed by atoms with Crippen molar-refractivity contribution in [1.29, 1.82) is 0 Å². The van der Waals surface area contributed by atoms with Crippen LogP contribution in [0.1, 0.15) is 18.4 Å². The molecule has 26 heavy (non-hydrogen) atoms. The predicted molar refractivity (Wildman–Crippen MR) is 98.4 cm³/mol. The third-order valence-electron chi connectivity index (χ3n) is 5.47. The first-order chi connectivity index (χ1) is 12.6. The van der Waals surface area contributed by atoms with Crippen LogP contribution in [-0.4, -0.2) is 78.4 Å². The molecule has 0 radical (unpaired) electrons. The van der Waals surface area contributed by atoms with E-state index < -0.39 is 6.10 Å². The third-order valence-corrected chi connectivity index (χ3v) is 5.71. The fourth-order valence-corrected chi connectivity index (χ4v) is 4.14. The number of nitrogens with zero attached hydrogens (tertiary/aromatic N) is 3. The smallest absolute Gasteiger partial charge is 0.264 e. The van der Waals surface area contributed by atoms with E-state index in [1.165, 1.54) is 0 Å². The van der Waals surface area contributed by atoms with Gasteiger partial charge in [0.05, 0.1) is 6.54 Å². The van der Waals surface area contributed by atoms with E-state index in [1.807, 2.05) is 21.9 Å². The van der Waals surface area contributed by atoms with E-state index in [0.717, 1.165) is 50.3 Å². The highest BCUT2D eigenvalue weighted by molar-refractivity contribution is 6.30. The Bertz CT molecular complexity index is 697. The van der Waals surface area contributed by atoms with Crippen LogP contribution in [0.4, 0.5) is 0 Å². The summed E-state index contributed by atoms with van der Waals surface area (Å²) in [6, 6.07) is 5.47. The minimum absolute atomic E-state index is 0.0304. The lowest BCUT2D eigenvalue weighted by molar-refractivity contribution is -0.140. The lowest BCUT2D eigenvalue weighted by Crippen LogP contribution is -2.53. The third kappa shape index (κ3) is 3.67. The monoisotopic (exact) mass is 377 g/mol. The van der Waals surface area contributed by atoms with Gasteiger partial charge in [-0.25, -0.2) is 0 Å². The summed E-state index contributed by atoms with van der Waals surface area (Å²) in [6.45, 7) is 4.99. The Kier molecular flexibility index (Phi) is 5.05. The highest BCUT2D eigenvalue weighted by Crippen LogP contribution is 2.31. The molecule has 0 saturated carbocycles. The van der Waals surface area contributed by atoms with Crippen LogP contribution in [0.15, 0.2) is 18.2 Å². The number of fused-ring (bicyclic) bond motifs is 1. The maximum Gasteiger partial charge on any atom is 0.264 e. The first kappa shape index (κ1) is 17.6. The lowest BCUT2D eigenvalue weighted by atomic mass is 10.1. The van der Waals surface area contributed by atoms with E-state index in [-0.39, 0.29) is 11.8 Å². The van der Waals surface area contributed by atoms with Gasteiger partial charge in [-0.3, -0.25) is 14.5 Å². The van der Waals surface area contributed by atoms with Crippen LogP contribution in [0.5, 0.6) is 5.75 Å². The van der Waals surface area contributed by atoms with Gasteiger partial charge in [-0.1, -0.05) is 11.6 Å². The van der Waals surface area contributed by atoms with Gasteiger partial charge in [0.15, 0.2) is 6.10 Å². The molecule has 140 valence electrons. The fraction of sp³-hybridized carbons (Fsp3) is 0.579. The van der Waals surface area contributed by atoms with Gasteiger partial charge in [0.2, 0.25) is 5.91 Å². The second kappa shape index (κ2) is 7.45. The first-order valence-corrected chi connectivity index (χ1v) is 9.72. The molecule has 4 rings (SSSR count). The molecule has 0 unspecified atom stereocenters. The Morgan fingerprint density at radius 1 is 1.04 bits per heavy atom. The van der Waals surface area contributed by atoms with Crippen molar-refractivity contribution in [3.8, 4) is 5.75 Å². The van der Waals surface area contributed by atoms with Crippen LogP contribution >= 0.6 is 11.6 Å². The van der Waals surface area contributed by atoms with E-state index in [0.29, 0.717) is 31.1 Å². The maximum atomic E-state index is 12.8. The quantitative estimate of drug-likeness (QED) is 0.799. The number of rotatable bonds is 3. The highest BCUT2D eigenvalue weighted by atomic mass is 35.5. The number of ether oxygens (including phenoxy) is 1. The van der Waals surface area contributed by atoms with Crippen molar-refractivity contribution >= 4 is 23.4 Å². The summed E-state index contributed by atoms with van der Waals surface area (Å²) in [6.07, 6.45) is 2.34. The average Bonchev–Trinajstić information content (AvgIpc) is 3.31. The zero-order chi connectivity index (χ0) is 18.1. The fourth-order valence-electron chi connectivity index (χ4n) is 3.94. The molecule has 0 N–H and O–H groups in total. The number of hydrogen-bond acceptors (Lipinski definition) is 4. The summed E-state index contributed by atoms with van der Waals surface area (Å²) in [5, 5.41) is 0.664. The molecule has 0 aliphatic carbocycles. The molecule has 2 amide bonds. The number of likely N-dealkylation sites (tertiary alicyclic amines) is 1. The van der Waals surface area contributed by atoms with Gasteiger partial charge >= 0.3 is 0 Å². The Morgan fingerprint density at radius 2 is 1.77 bits per heavy atom. The van der Waals surface area contributed by atoms with Crippen LogP contribution in [0.25, 0.3) is 0 Å². The SMILES string of the molecule is O=C(CN1CCN(C(=O)[C@@H]2Cc3cc(Cl)ccc3O2)CC1)N1CCCC1. The number of hydrogen-bond donors (Lipinski definition) is 0. The second-order valence-electron chi connectivity index (χ2n) is 7.25. The molecule has 3 aliphatic rings. The first-order valence-electron chi connectivity index (χ1n) is 9.34. The summed E-state index contributed by atoms with van der Waals surface area (Å²) in [5.41, 5.74) is 0.991. The standard InChI is InChI=1S/C19H24ClN3O3/c20-15-3-4-16-14(11-15)12-17(26-16)19(25)23-9-7-21(8-10-23)13-18(24)22-5-1-2-6-22/h3-4,11,17H,1-2,5-10,12-13H2/t17-/m0/s1. The van der Waals surface area contributed by atoms with E-state index in [1.54, 1.807) is 6.07 Å². The molecule has 1 aromatic rings. The number of piperazine rings is 1. The zero-order valence-corrected chi connectivity index (χ0v) is 15.6. The number of benzene rings is 1. The largest absolute Gasteiger partial charge is 0.480 e.